The molecule has 0 radical (unpaired) electrons. The summed E-state index contributed by atoms with van der Waals surface area (Å²) < 4.78 is 0. The number of nitrogens with zero attached hydrogens (tertiary/aromatic N) is 1. The number of aromatic nitrogens is 1. The van der Waals surface area contributed by atoms with Crippen LogP contribution in [0.2, 0.25) is 0 Å². The van der Waals surface area contributed by atoms with E-state index in [0.29, 0.717) is 6.04 Å². The Kier molecular flexibility index (Phi) is 4.18. The number of aryl methyl sites for hydroxylation is 3. The molecule has 1 atom stereocenters. The molecule has 3 heteroatoms. The SMILES string of the molecule is CCc1ccc(CC(NC)c2cc3c(s2)CCC3)nc1. The molecule has 1 aliphatic rings. The van der Waals surface area contributed by atoms with Crippen molar-refractivity contribution in [2.75, 3.05) is 7.05 Å². The highest BCUT2D eigenvalue weighted by Gasteiger charge is 2.19. The molecule has 1 aliphatic carbocycles. The van der Waals surface area contributed by atoms with E-state index >= 15 is 0 Å². The summed E-state index contributed by atoms with van der Waals surface area (Å²) in [6.45, 7) is 2.17. The van der Waals surface area contributed by atoms with Crippen molar-refractivity contribution in [2.24, 2.45) is 0 Å². The Hall–Kier alpha value is -1.19. The van der Waals surface area contributed by atoms with E-state index in [2.05, 4.69) is 42.5 Å². The van der Waals surface area contributed by atoms with Crippen molar-refractivity contribution in [2.45, 2.75) is 45.1 Å². The number of nitrogens with one attached hydrogen (secondary N) is 1. The predicted molar refractivity (Wildman–Crippen MR) is 85.5 cm³/mol. The van der Waals surface area contributed by atoms with Gasteiger partial charge in [0.25, 0.3) is 0 Å². The normalized spacial score (nSPS) is 15.3. The van der Waals surface area contributed by atoms with Crippen LogP contribution in [0.5, 0.6) is 0 Å². The lowest BCUT2D eigenvalue weighted by Gasteiger charge is -2.14. The molecule has 0 aromatic carbocycles. The lowest BCUT2D eigenvalue weighted by Crippen LogP contribution is -2.18. The van der Waals surface area contributed by atoms with Crippen LogP contribution < -0.4 is 5.32 Å². The van der Waals surface area contributed by atoms with E-state index < -0.39 is 0 Å². The van der Waals surface area contributed by atoms with Crippen molar-refractivity contribution >= 4 is 11.3 Å². The first kappa shape index (κ1) is 13.8. The highest BCUT2D eigenvalue weighted by atomic mass is 32.1. The van der Waals surface area contributed by atoms with Gasteiger partial charge in [-0.3, -0.25) is 4.98 Å². The summed E-state index contributed by atoms with van der Waals surface area (Å²) in [6, 6.07) is 7.17. The number of rotatable bonds is 5. The third-order valence-corrected chi connectivity index (χ3v) is 5.52. The van der Waals surface area contributed by atoms with E-state index in [0.717, 1.165) is 12.8 Å². The van der Waals surface area contributed by atoms with Crippen LogP contribution in [0.25, 0.3) is 0 Å². The van der Waals surface area contributed by atoms with Crippen molar-refractivity contribution in [3.05, 3.63) is 51.0 Å². The number of pyridine rings is 1. The van der Waals surface area contributed by atoms with Gasteiger partial charge >= 0.3 is 0 Å². The van der Waals surface area contributed by atoms with E-state index in [4.69, 9.17) is 0 Å². The van der Waals surface area contributed by atoms with Gasteiger partial charge in [0.05, 0.1) is 0 Å². The second-order valence-electron chi connectivity index (χ2n) is 5.51. The summed E-state index contributed by atoms with van der Waals surface area (Å²) in [5, 5.41) is 3.45. The minimum absolute atomic E-state index is 0.394. The molecule has 1 unspecified atom stereocenters. The summed E-state index contributed by atoms with van der Waals surface area (Å²) in [7, 11) is 2.05. The van der Waals surface area contributed by atoms with Gasteiger partial charge < -0.3 is 5.32 Å². The molecule has 0 saturated carbocycles. The van der Waals surface area contributed by atoms with Gasteiger partial charge in [-0.2, -0.15) is 0 Å². The average Bonchev–Trinajstić information content (AvgIpc) is 3.06. The zero-order chi connectivity index (χ0) is 13.9. The first-order chi connectivity index (χ1) is 9.80. The summed E-state index contributed by atoms with van der Waals surface area (Å²) >= 11 is 1.99. The molecule has 0 bridgehead atoms. The van der Waals surface area contributed by atoms with Crippen LogP contribution in [0.15, 0.2) is 24.4 Å². The fourth-order valence-electron chi connectivity index (χ4n) is 2.86. The minimum Gasteiger partial charge on any atom is -0.312 e. The summed E-state index contributed by atoms with van der Waals surface area (Å²) in [5.41, 5.74) is 4.07. The van der Waals surface area contributed by atoms with Crippen molar-refractivity contribution in [3.8, 4) is 0 Å². The highest BCUT2D eigenvalue weighted by Crippen LogP contribution is 2.34. The van der Waals surface area contributed by atoms with Crippen molar-refractivity contribution in [1.29, 1.82) is 0 Å². The number of hydrogen-bond acceptors (Lipinski definition) is 3. The highest BCUT2D eigenvalue weighted by molar-refractivity contribution is 7.12. The largest absolute Gasteiger partial charge is 0.312 e. The van der Waals surface area contributed by atoms with Crippen LogP contribution in [-0.4, -0.2) is 12.0 Å². The number of hydrogen-bond donors (Lipinski definition) is 1. The topological polar surface area (TPSA) is 24.9 Å². The maximum atomic E-state index is 4.59. The van der Waals surface area contributed by atoms with Crippen LogP contribution >= 0.6 is 11.3 Å². The molecule has 0 amide bonds. The molecule has 2 heterocycles. The molecule has 106 valence electrons. The molecule has 2 nitrogen and oxygen atoms in total. The second-order valence-corrected chi connectivity index (χ2v) is 6.68. The molecule has 20 heavy (non-hydrogen) atoms. The van der Waals surface area contributed by atoms with Crippen LogP contribution in [0.3, 0.4) is 0 Å². The van der Waals surface area contributed by atoms with Crippen LogP contribution in [-0.2, 0) is 25.7 Å². The summed E-state index contributed by atoms with van der Waals surface area (Å²) in [6.07, 6.45) is 7.92. The van der Waals surface area contributed by atoms with Crippen molar-refractivity contribution in [3.63, 3.8) is 0 Å². The third kappa shape index (κ3) is 2.79. The van der Waals surface area contributed by atoms with Gasteiger partial charge in [-0.1, -0.05) is 13.0 Å². The van der Waals surface area contributed by atoms with Gasteiger partial charge in [-0.25, -0.2) is 0 Å². The lowest BCUT2D eigenvalue weighted by atomic mass is 10.1. The van der Waals surface area contributed by atoms with Crippen molar-refractivity contribution in [1.82, 2.24) is 10.3 Å². The fraction of sp³-hybridized carbons (Fsp3) is 0.471. The Morgan fingerprint density at radius 1 is 1.35 bits per heavy atom. The zero-order valence-corrected chi connectivity index (χ0v) is 13.1. The molecule has 2 aromatic heterocycles. The van der Waals surface area contributed by atoms with Gasteiger partial charge in [0.15, 0.2) is 0 Å². The Morgan fingerprint density at radius 2 is 2.25 bits per heavy atom. The molecule has 0 aliphatic heterocycles. The zero-order valence-electron chi connectivity index (χ0n) is 12.3. The van der Waals surface area contributed by atoms with Gasteiger partial charge in [0, 0.05) is 34.1 Å². The Morgan fingerprint density at radius 3 is 2.90 bits per heavy atom. The maximum Gasteiger partial charge on any atom is 0.0468 e. The average molecular weight is 286 g/mol. The number of thiophene rings is 1. The molecular formula is C17H22N2S. The van der Waals surface area contributed by atoms with Gasteiger partial charge in [0.2, 0.25) is 0 Å². The lowest BCUT2D eigenvalue weighted by molar-refractivity contribution is 0.593. The van der Waals surface area contributed by atoms with Crippen LogP contribution in [0.1, 0.15) is 46.0 Å². The van der Waals surface area contributed by atoms with E-state index in [-0.39, 0.29) is 0 Å². The van der Waals surface area contributed by atoms with E-state index in [1.54, 1.807) is 10.4 Å². The molecule has 3 rings (SSSR count). The minimum atomic E-state index is 0.394. The number of likely N-dealkylation sites (N-methyl/N-ethyl adjacent to an activating group) is 1. The molecule has 2 aromatic rings. The van der Waals surface area contributed by atoms with Crippen LogP contribution in [0.4, 0.5) is 0 Å². The van der Waals surface area contributed by atoms with Crippen LogP contribution in [0, 0.1) is 0 Å². The Balaban J connectivity index is 1.75. The molecular weight excluding hydrogens is 264 g/mol. The molecule has 0 saturated heterocycles. The predicted octanol–water partition coefficient (Wildman–Crippen LogP) is 3.70. The first-order valence-electron chi connectivity index (χ1n) is 7.52. The second kappa shape index (κ2) is 6.06. The Labute approximate surface area is 125 Å². The van der Waals surface area contributed by atoms with Gasteiger partial charge in [-0.15, -0.1) is 11.3 Å². The summed E-state index contributed by atoms with van der Waals surface area (Å²) in [5.74, 6) is 0. The van der Waals surface area contributed by atoms with E-state index in [1.165, 1.54) is 35.4 Å². The molecule has 0 fully saturated rings. The number of fused-ring (bicyclic) bond motifs is 1. The van der Waals surface area contributed by atoms with E-state index in [9.17, 15) is 0 Å². The van der Waals surface area contributed by atoms with Gasteiger partial charge in [-0.05, 0) is 56.0 Å². The van der Waals surface area contributed by atoms with E-state index in [1.807, 2.05) is 17.5 Å². The fourth-order valence-corrected chi connectivity index (χ4v) is 4.23. The smallest absolute Gasteiger partial charge is 0.0468 e. The molecule has 1 N–H and O–H groups in total. The van der Waals surface area contributed by atoms with Gasteiger partial charge in [0.1, 0.15) is 0 Å². The summed E-state index contributed by atoms with van der Waals surface area (Å²) in [4.78, 5) is 7.67. The Bertz CT molecular complexity index is 550. The first-order valence-corrected chi connectivity index (χ1v) is 8.34. The van der Waals surface area contributed by atoms with Crippen molar-refractivity contribution < 1.29 is 0 Å². The molecule has 0 spiro atoms. The maximum absolute atomic E-state index is 4.59. The standard InChI is InChI=1S/C17H22N2S/c1-3-12-7-8-14(19-11-12)10-15(18-2)17-9-13-5-4-6-16(13)20-17/h7-9,11,15,18H,3-6,10H2,1-2H3. The quantitative estimate of drug-likeness (QED) is 0.906. The monoisotopic (exact) mass is 286 g/mol. The third-order valence-electron chi connectivity index (χ3n) is 4.17.